The molecule has 1 aliphatic rings. The molecule has 0 aliphatic heterocycles. The smallest absolute Gasteiger partial charge is 0.161 e. The van der Waals surface area contributed by atoms with E-state index in [1.54, 1.807) is 0 Å². The number of anilines is 1. The van der Waals surface area contributed by atoms with Gasteiger partial charge < -0.3 is 5.43 Å². The fourth-order valence-corrected chi connectivity index (χ4v) is 2.79. The molecule has 100 valence electrons. The molecule has 1 aromatic carbocycles. The van der Waals surface area contributed by atoms with Gasteiger partial charge in [-0.2, -0.15) is 0 Å². The third kappa shape index (κ3) is 2.14. The Bertz CT molecular complexity index is 622. The Morgan fingerprint density at radius 1 is 1.11 bits per heavy atom. The number of benzene rings is 1. The van der Waals surface area contributed by atoms with E-state index in [1.807, 2.05) is 6.07 Å². The molecule has 3 nitrogen and oxygen atoms in total. The van der Waals surface area contributed by atoms with Crippen molar-refractivity contribution < 1.29 is 8.78 Å². The van der Waals surface area contributed by atoms with E-state index < -0.39 is 11.6 Å². The first-order chi connectivity index (χ1) is 9.19. The molecule has 0 atom stereocenters. The summed E-state index contributed by atoms with van der Waals surface area (Å²) in [7, 11) is 0. The third-order valence-corrected chi connectivity index (χ3v) is 3.80. The number of nitrogens with zero attached hydrogens (tertiary/aromatic N) is 1. The molecular formula is C14H15F2N3. The van der Waals surface area contributed by atoms with Crippen LogP contribution in [0.1, 0.15) is 37.3 Å². The highest BCUT2D eigenvalue weighted by atomic mass is 19.2. The number of rotatable bonds is 2. The molecule has 0 unspecified atom stereocenters. The Balaban J connectivity index is 2.18. The molecule has 1 heterocycles. The minimum absolute atomic E-state index is 0.393. The molecule has 0 saturated heterocycles. The first-order valence-electron chi connectivity index (χ1n) is 6.45. The molecule has 5 heteroatoms. The molecule has 1 fully saturated rings. The second-order valence-corrected chi connectivity index (χ2v) is 5.00. The fraction of sp³-hybridized carbons (Fsp3) is 0.357. The van der Waals surface area contributed by atoms with Crippen LogP contribution in [-0.2, 0) is 0 Å². The van der Waals surface area contributed by atoms with Crippen LogP contribution in [0.3, 0.4) is 0 Å². The van der Waals surface area contributed by atoms with Gasteiger partial charge in [-0.15, -0.1) is 0 Å². The average Bonchev–Trinajstić information content (AvgIpc) is 2.93. The summed E-state index contributed by atoms with van der Waals surface area (Å²) in [5.41, 5.74) is 4.49. The quantitative estimate of drug-likeness (QED) is 0.644. The van der Waals surface area contributed by atoms with Crippen molar-refractivity contribution in [2.75, 3.05) is 5.43 Å². The van der Waals surface area contributed by atoms with E-state index in [4.69, 9.17) is 5.84 Å². The summed E-state index contributed by atoms with van der Waals surface area (Å²) in [5.74, 6) is 4.10. The highest BCUT2D eigenvalue weighted by Gasteiger charge is 2.20. The van der Waals surface area contributed by atoms with Crippen LogP contribution in [0.4, 0.5) is 14.5 Å². The lowest BCUT2D eigenvalue weighted by Gasteiger charge is -2.13. The van der Waals surface area contributed by atoms with E-state index in [2.05, 4.69) is 10.4 Å². The van der Waals surface area contributed by atoms with Crippen LogP contribution >= 0.6 is 0 Å². The van der Waals surface area contributed by atoms with Gasteiger partial charge in [0.1, 0.15) is 0 Å². The standard InChI is InChI=1S/C14H15F2N3/c15-10-5-9-13(6-11(10)16)18-12(7-14(9)19-17)8-3-1-2-4-8/h5-8H,1-4,17H2,(H,18,19). The van der Waals surface area contributed by atoms with Crippen molar-refractivity contribution in [2.24, 2.45) is 5.84 Å². The highest BCUT2D eigenvalue weighted by Crippen LogP contribution is 2.36. The van der Waals surface area contributed by atoms with Crippen molar-refractivity contribution in [2.45, 2.75) is 31.6 Å². The number of halogens is 2. The number of fused-ring (bicyclic) bond motifs is 1. The lowest BCUT2D eigenvalue weighted by Crippen LogP contribution is -2.09. The zero-order chi connectivity index (χ0) is 13.4. The van der Waals surface area contributed by atoms with Gasteiger partial charge >= 0.3 is 0 Å². The van der Waals surface area contributed by atoms with E-state index in [1.165, 1.54) is 12.8 Å². The predicted molar refractivity (Wildman–Crippen MR) is 70.7 cm³/mol. The first kappa shape index (κ1) is 12.3. The second kappa shape index (κ2) is 4.74. The van der Waals surface area contributed by atoms with Gasteiger partial charge in [0.05, 0.1) is 11.2 Å². The van der Waals surface area contributed by atoms with E-state index in [0.717, 1.165) is 30.7 Å². The summed E-state index contributed by atoms with van der Waals surface area (Å²) in [4.78, 5) is 4.47. The van der Waals surface area contributed by atoms with Gasteiger partial charge in [-0.05, 0) is 25.0 Å². The molecule has 1 aromatic heterocycles. The van der Waals surface area contributed by atoms with Crippen molar-refractivity contribution in [3.63, 3.8) is 0 Å². The maximum absolute atomic E-state index is 13.3. The molecule has 19 heavy (non-hydrogen) atoms. The fourth-order valence-electron chi connectivity index (χ4n) is 2.79. The summed E-state index contributed by atoms with van der Waals surface area (Å²) in [6.45, 7) is 0. The number of aromatic nitrogens is 1. The normalized spacial score (nSPS) is 16.2. The first-order valence-corrected chi connectivity index (χ1v) is 6.45. The van der Waals surface area contributed by atoms with Crippen LogP contribution in [-0.4, -0.2) is 4.98 Å². The summed E-state index contributed by atoms with van der Waals surface area (Å²) in [6.07, 6.45) is 4.56. The second-order valence-electron chi connectivity index (χ2n) is 5.00. The van der Waals surface area contributed by atoms with Crippen LogP contribution in [0.5, 0.6) is 0 Å². The SMILES string of the molecule is NNc1cc(C2CCCC2)nc2cc(F)c(F)cc12. The van der Waals surface area contributed by atoms with Crippen molar-refractivity contribution in [1.82, 2.24) is 4.98 Å². The van der Waals surface area contributed by atoms with Gasteiger partial charge in [0, 0.05) is 23.1 Å². The highest BCUT2D eigenvalue weighted by molar-refractivity contribution is 5.91. The van der Waals surface area contributed by atoms with Crippen LogP contribution in [0.15, 0.2) is 18.2 Å². The van der Waals surface area contributed by atoms with E-state index in [0.29, 0.717) is 22.5 Å². The average molecular weight is 263 g/mol. The number of hydrazine groups is 1. The molecule has 3 N–H and O–H groups in total. The van der Waals surface area contributed by atoms with Crippen molar-refractivity contribution in [3.05, 3.63) is 35.5 Å². The number of nitrogen functional groups attached to an aromatic ring is 1. The number of nitrogens with two attached hydrogens (primary N) is 1. The molecule has 2 aromatic rings. The lowest BCUT2D eigenvalue weighted by molar-refractivity contribution is 0.510. The monoisotopic (exact) mass is 263 g/mol. The number of pyridine rings is 1. The van der Waals surface area contributed by atoms with Crippen LogP contribution in [0.25, 0.3) is 10.9 Å². The Hall–Kier alpha value is -1.75. The minimum atomic E-state index is -0.889. The van der Waals surface area contributed by atoms with E-state index in [-0.39, 0.29) is 0 Å². The van der Waals surface area contributed by atoms with Gasteiger partial charge in [0.2, 0.25) is 0 Å². The topological polar surface area (TPSA) is 50.9 Å². The van der Waals surface area contributed by atoms with Crippen LogP contribution in [0.2, 0.25) is 0 Å². The Labute approximate surface area is 109 Å². The largest absolute Gasteiger partial charge is 0.323 e. The molecule has 3 rings (SSSR count). The van der Waals surface area contributed by atoms with Crippen molar-refractivity contribution >= 4 is 16.6 Å². The Morgan fingerprint density at radius 3 is 2.47 bits per heavy atom. The number of hydrogen-bond acceptors (Lipinski definition) is 3. The van der Waals surface area contributed by atoms with Gasteiger partial charge in [-0.3, -0.25) is 10.8 Å². The minimum Gasteiger partial charge on any atom is -0.323 e. The summed E-state index contributed by atoms with van der Waals surface area (Å²) in [5, 5.41) is 0.503. The van der Waals surface area contributed by atoms with Crippen LogP contribution < -0.4 is 11.3 Å². The zero-order valence-corrected chi connectivity index (χ0v) is 10.4. The predicted octanol–water partition coefficient (Wildman–Crippen LogP) is 3.46. The number of hydrogen-bond donors (Lipinski definition) is 2. The maximum Gasteiger partial charge on any atom is 0.161 e. The molecule has 1 aliphatic carbocycles. The lowest BCUT2D eigenvalue weighted by atomic mass is 10.0. The molecule has 0 spiro atoms. The van der Waals surface area contributed by atoms with Gasteiger partial charge in [-0.25, -0.2) is 8.78 Å². The van der Waals surface area contributed by atoms with E-state index in [9.17, 15) is 8.78 Å². The van der Waals surface area contributed by atoms with E-state index >= 15 is 0 Å². The maximum atomic E-state index is 13.3. The zero-order valence-electron chi connectivity index (χ0n) is 10.4. The summed E-state index contributed by atoms with van der Waals surface area (Å²) < 4.78 is 26.6. The Kier molecular flexibility index (Phi) is 3.06. The molecular weight excluding hydrogens is 248 g/mol. The summed E-state index contributed by atoms with van der Waals surface area (Å²) in [6, 6.07) is 4.10. The number of nitrogens with one attached hydrogen (secondary N) is 1. The molecule has 0 amide bonds. The summed E-state index contributed by atoms with van der Waals surface area (Å²) >= 11 is 0. The molecule has 1 saturated carbocycles. The van der Waals surface area contributed by atoms with Gasteiger partial charge in [-0.1, -0.05) is 12.8 Å². The van der Waals surface area contributed by atoms with Crippen molar-refractivity contribution in [1.29, 1.82) is 0 Å². The van der Waals surface area contributed by atoms with Gasteiger partial charge in [0.15, 0.2) is 11.6 Å². The van der Waals surface area contributed by atoms with Crippen molar-refractivity contribution in [3.8, 4) is 0 Å². The molecule has 0 radical (unpaired) electrons. The third-order valence-electron chi connectivity index (χ3n) is 3.80. The van der Waals surface area contributed by atoms with Gasteiger partial charge in [0.25, 0.3) is 0 Å². The van der Waals surface area contributed by atoms with Crippen LogP contribution in [0, 0.1) is 11.6 Å². The molecule has 0 bridgehead atoms. The Morgan fingerprint density at radius 2 is 1.79 bits per heavy atom.